The zero-order valence-electron chi connectivity index (χ0n) is 11.2. The molecule has 1 aromatic carbocycles. The van der Waals surface area contributed by atoms with Crippen molar-refractivity contribution < 1.29 is 4.79 Å². The standard InChI is InChI=1S/C15H23NO/c1-13-8-4-5-10-15(13)12-16(3)11-7-6-9-14(2)17/h4-5,8,10H,6-7,9,11-12H2,1-3H3. The molecule has 0 atom stereocenters. The number of hydrogen-bond donors (Lipinski definition) is 0. The second kappa shape index (κ2) is 7.23. The molecule has 0 aromatic heterocycles. The fourth-order valence-corrected chi connectivity index (χ4v) is 1.91. The minimum atomic E-state index is 0.298. The maximum absolute atomic E-state index is 10.8. The highest BCUT2D eigenvalue weighted by molar-refractivity contribution is 5.75. The van der Waals surface area contributed by atoms with Crippen LogP contribution in [0.15, 0.2) is 24.3 Å². The van der Waals surface area contributed by atoms with Crippen LogP contribution in [-0.4, -0.2) is 24.3 Å². The molecule has 0 radical (unpaired) electrons. The Kier molecular flexibility index (Phi) is 5.92. The van der Waals surface area contributed by atoms with Gasteiger partial charge in [0.1, 0.15) is 5.78 Å². The molecule has 0 heterocycles. The molecule has 2 heteroatoms. The third-order valence-electron chi connectivity index (χ3n) is 3.02. The molecule has 0 bridgehead atoms. The van der Waals surface area contributed by atoms with Gasteiger partial charge in [-0.2, -0.15) is 0 Å². The topological polar surface area (TPSA) is 20.3 Å². The molecule has 0 saturated carbocycles. The fraction of sp³-hybridized carbons (Fsp3) is 0.533. The number of carbonyl (C=O) groups excluding carboxylic acids is 1. The van der Waals surface area contributed by atoms with Gasteiger partial charge in [-0.25, -0.2) is 0 Å². The highest BCUT2D eigenvalue weighted by Crippen LogP contribution is 2.10. The normalized spacial score (nSPS) is 10.8. The lowest BCUT2D eigenvalue weighted by molar-refractivity contribution is -0.117. The monoisotopic (exact) mass is 233 g/mol. The van der Waals surface area contributed by atoms with E-state index in [0.717, 1.165) is 32.4 Å². The predicted molar refractivity (Wildman–Crippen MR) is 72.0 cm³/mol. The number of benzene rings is 1. The molecule has 0 aliphatic heterocycles. The molecular weight excluding hydrogens is 210 g/mol. The van der Waals surface area contributed by atoms with Gasteiger partial charge in [-0.1, -0.05) is 24.3 Å². The van der Waals surface area contributed by atoms with Gasteiger partial charge in [0.05, 0.1) is 0 Å². The van der Waals surface area contributed by atoms with Gasteiger partial charge in [0.25, 0.3) is 0 Å². The Morgan fingerprint density at radius 3 is 2.59 bits per heavy atom. The lowest BCUT2D eigenvalue weighted by Gasteiger charge is -2.17. The Bertz CT molecular complexity index is 360. The summed E-state index contributed by atoms with van der Waals surface area (Å²) in [7, 11) is 2.14. The van der Waals surface area contributed by atoms with Gasteiger partial charge >= 0.3 is 0 Å². The van der Waals surface area contributed by atoms with E-state index in [4.69, 9.17) is 0 Å². The number of aryl methyl sites for hydroxylation is 1. The van der Waals surface area contributed by atoms with Crippen molar-refractivity contribution in [3.8, 4) is 0 Å². The van der Waals surface area contributed by atoms with Crippen molar-refractivity contribution in [3.05, 3.63) is 35.4 Å². The first-order chi connectivity index (χ1) is 8.09. The van der Waals surface area contributed by atoms with E-state index in [2.05, 4.69) is 43.1 Å². The van der Waals surface area contributed by atoms with Gasteiger partial charge < -0.3 is 9.69 Å². The van der Waals surface area contributed by atoms with Crippen LogP contribution in [-0.2, 0) is 11.3 Å². The second-order valence-corrected chi connectivity index (χ2v) is 4.82. The Hall–Kier alpha value is -1.15. The summed E-state index contributed by atoms with van der Waals surface area (Å²) in [5, 5.41) is 0. The molecule has 0 saturated heterocycles. The number of rotatable bonds is 7. The van der Waals surface area contributed by atoms with Crippen molar-refractivity contribution >= 4 is 5.78 Å². The van der Waals surface area contributed by atoms with E-state index in [-0.39, 0.29) is 0 Å². The van der Waals surface area contributed by atoms with Crippen molar-refractivity contribution in [3.63, 3.8) is 0 Å². The minimum Gasteiger partial charge on any atom is -0.302 e. The Morgan fingerprint density at radius 2 is 1.94 bits per heavy atom. The Labute approximate surface area is 105 Å². The van der Waals surface area contributed by atoms with Crippen LogP contribution in [0.25, 0.3) is 0 Å². The molecule has 0 aliphatic rings. The number of hydrogen-bond acceptors (Lipinski definition) is 2. The van der Waals surface area contributed by atoms with Crippen molar-refractivity contribution in [1.82, 2.24) is 4.90 Å². The molecular formula is C15H23NO. The quantitative estimate of drug-likeness (QED) is 0.674. The van der Waals surface area contributed by atoms with E-state index in [0.29, 0.717) is 5.78 Å². The van der Waals surface area contributed by atoms with Crippen molar-refractivity contribution in [1.29, 1.82) is 0 Å². The van der Waals surface area contributed by atoms with Gasteiger partial charge in [0.2, 0.25) is 0 Å². The largest absolute Gasteiger partial charge is 0.302 e. The Balaban J connectivity index is 2.27. The van der Waals surface area contributed by atoms with E-state index in [9.17, 15) is 4.79 Å². The summed E-state index contributed by atoms with van der Waals surface area (Å²) < 4.78 is 0. The molecule has 2 nitrogen and oxygen atoms in total. The summed E-state index contributed by atoms with van der Waals surface area (Å²) in [4.78, 5) is 13.1. The average Bonchev–Trinajstić information content (AvgIpc) is 2.27. The molecule has 17 heavy (non-hydrogen) atoms. The van der Waals surface area contributed by atoms with Crippen LogP contribution < -0.4 is 0 Å². The fourth-order valence-electron chi connectivity index (χ4n) is 1.91. The molecule has 1 aromatic rings. The predicted octanol–water partition coefficient (Wildman–Crippen LogP) is 3.19. The number of Topliss-reactive ketones (excluding diaryl/α,β-unsaturated/α-hetero) is 1. The van der Waals surface area contributed by atoms with Gasteiger partial charge in [-0.15, -0.1) is 0 Å². The smallest absolute Gasteiger partial charge is 0.129 e. The third-order valence-corrected chi connectivity index (χ3v) is 3.02. The van der Waals surface area contributed by atoms with Crippen LogP contribution in [0.2, 0.25) is 0 Å². The van der Waals surface area contributed by atoms with Gasteiger partial charge in [-0.3, -0.25) is 0 Å². The van der Waals surface area contributed by atoms with Crippen molar-refractivity contribution in [2.75, 3.05) is 13.6 Å². The number of ketones is 1. The number of nitrogens with zero attached hydrogens (tertiary/aromatic N) is 1. The average molecular weight is 233 g/mol. The molecule has 0 unspecified atom stereocenters. The molecule has 0 spiro atoms. The van der Waals surface area contributed by atoms with Crippen LogP contribution in [0.1, 0.15) is 37.3 Å². The third kappa shape index (κ3) is 5.64. The van der Waals surface area contributed by atoms with Crippen LogP contribution in [0, 0.1) is 6.92 Å². The van der Waals surface area contributed by atoms with E-state index in [1.165, 1.54) is 11.1 Å². The first-order valence-corrected chi connectivity index (χ1v) is 6.32. The summed E-state index contributed by atoms with van der Waals surface area (Å²) in [6.45, 7) is 5.87. The van der Waals surface area contributed by atoms with E-state index in [1.54, 1.807) is 6.92 Å². The highest BCUT2D eigenvalue weighted by atomic mass is 16.1. The second-order valence-electron chi connectivity index (χ2n) is 4.82. The summed E-state index contributed by atoms with van der Waals surface area (Å²) in [5.74, 6) is 0.298. The van der Waals surface area contributed by atoms with Crippen LogP contribution in [0.3, 0.4) is 0 Å². The van der Waals surface area contributed by atoms with Crippen LogP contribution >= 0.6 is 0 Å². The van der Waals surface area contributed by atoms with Crippen molar-refractivity contribution in [2.45, 2.75) is 39.7 Å². The lowest BCUT2D eigenvalue weighted by Crippen LogP contribution is -2.19. The summed E-state index contributed by atoms with van der Waals surface area (Å²) in [5.41, 5.74) is 2.74. The van der Waals surface area contributed by atoms with E-state index < -0.39 is 0 Å². The first-order valence-electron chi connectivity index (χ1n) is 6.32. The summed E-state index contributed by atoms with van der Waals surface area (Å²) in [6, 6.07) is 8.50. The maximum Gasteiger partial charge on any atom is 0.129 e. The first kappa shape index (κ1) is 13.9. The van der Waals surface area contributed by atoms with Gasteiger partial charge in [0, 0.05) is 13.0 Å². The highest BCUT2D eigenvalue weighted by Gasteiger charge is 2.02. The number of unbranched alkanes of at least 4 members (excludes halogenated alkanes) is 1. The van der Waals surface area contributed by atoms with E-state index in [1.807, 2.05) is 0 Å². The lowest BCUT2D eigenvalue weighted by atomic mass is 10.1. The SMILES string of the molecule is CC(=O)CCCCN(C)Cc1ccccc1C. The van der Waals surface area contributed by atoms with Crippen LogP contribution in [0.4, 0.5) is 0 Å². The Morgan fingerprint density at radius 1 is 1.24 bits per heavy atom. The van der Waals surface area contributed by atoms with Crippen LogP contribution in [0.5, 0.6) is 0 Å². The molecule has 0 fully saturated rings. The molecule has 0 amide bonds. The number of carbonyl (C=O) groups is 1. The molecule has 0 N–H and O–H groups in total. The molecule has 1 rings (SSSR count). The van der Waals surface area contributed by atoms with Gasteiger partial charge in [-0.05, 0) is 51.4 Å². The zero-order valence-corrected chi connectivity index (χ0v) is 11.2. The minimum absolute atomic E-state index is 0.298. The summed E-state index contributed by atoms with van der Waals surface area (Å²) >= 11 is 0. The molecule has 94 valence electrons. The maximum atomic E-state index is 10.8. The summed E-state index contributed by atoms with van der Waals surface area (Å²) in [6.07, 6.45) is 2.83. The van der Waals surface area contributed by atoms with Crippen molar-refractivity contribution in [2.24, 2.45) is 0 Å². The zero-order chi connectivity index (χ0) is 12.7. The van der Waals surface area contributed by atoms with Gasteiger partial charge in [0.15, 0.2) is 0 Å². The van der Waals surface area contributed by atoms with E-state index >= 15 is 0 Å². The molecule has 0 aliphatic carbocycles.